The van der Waals surface area contributed by atoms with Crippen LogP contribution in [-0.2, 0) is 0 Å². The highest BCUT2D eigenvalue weighted by Crippen LogP contribution is 2.30. The molecule has 1 heterocycles. The van der Waals surface area contributed by atoms with Crippen LogP contribution in [0.5, 0.6) is 0 Å². The van der Waals surface area contributed by atoms with Crippen molar-refractivity contribution in [1.29, 1.82) is 0 Å². The minimum absolute atomic E-state index is 0.906. The minimum Gasteiger partial charge on any atom is -0.456 e. The summed E-state index contributed by atoms with van der Waals surface area (Å²) in [5, 5.41) is 1.11. The van der Waals surface area contributed by atoms with Gasteiger partial charge in [0.05, 0.1) is 0 Å². The van der Waals surface area contributed by atoms with Crippen LogP contribution in [0.15, 0.2) is 33.6 Å². The van der Waals surface area contributed by atoms with Gasteiger partial charge < -0.3 is 4.42 Å². The third-order valence-corrected chi connectivity index (χ3v) is 2.66. The molecule has 0 atom stereocenters. The second kappa shape index (κ2) is 3.54. The van der Waals surface area contributed by atoms with E-state index in [1.165, 1.54) is 0 Å². The summed E-state index contributed by atoms with van der Waals surface area (Å²) in [5.41, 5.74) is 2.06. The van der Waals surface area contributed by atoms with E-state index < -0.39 is 0 Å². The largest absolute Gasteiger partial charge is 0.456 e. The monoisotopic (exact) mass is 204 g/mol. The molecule has 0 fully saturated rings. The van der Waals surface area contributed by atoms with Crippen molar-refractivity contribution < 1.29 is 4.42 Å². The summed E-state index contributed by atoms with van der Waals surface area (Å²) in [6, 6.07) is 5.90. The van der Waals surface area contributed by atoms with Crippen molar-refractivity contribution in [2.45, 2.75) is 18.7 Å². The summed E-state index contributed by atoms with van der Waals surface area (Å²) in [5.74, 6) is 0.920. The first-order valence-corrected chi connectivity index (χ1v) is 5.02. The first-order chi connectivity index (χ1) is 6.74. The number of hydrogen-bond acceptors (Lipinski definition) is 2. The van der Waals surface area contributed by atoms with Crippen molar-refractivity contribution in [3.63, 3.8) is 0 Å². The second-order valence-electron chi connectivity index (χ2n) is 3.24. The molecule has 0 unspecified atom stereocenters. The molecule has 1 nitrogen and oxygen atoms in total. The zero-order valence-corrected chi connectivity index (χ0v) is 9.14. The maximum absolute atomic E-state index is 5.68. The molecule has 0 amide bonds. The van der Waals surface area contributed by atoms with Crippen LogP contribution in [-0.4, -0.2) is 0 Å². The number of rotatable bonds is 1. The molecule has 0 aliphatic heterocycles. The summed E-state index contributed by atoms with van der Waals surface area (Å²) in [4.78, 5) is 0.972. The first kappa shape index (κ1) is 9.41. The number of fused-ring (bicyclic) bond motifs is 1. The van der Waals surface area contributed by atoms with Gasteiger partial charge in [0.15, 0.2) is 0 Å². The quantitative estimate of drug-likeness (QED) is 0.691. The maximum Gasteiger partial charge on any atom is 0.136 e. The molecule has 1 aromatic heterocycles. The zero-order chi connectivity index (χ0) is 10.1. The summed E-state index contributed by atoms with van der Waals surface area (Å²) >= 11 is 4.42. The fraction of sp³-hybridized carbons (Fsp3) is 0.167. The topological polar surface area (TPSA) is 13.1 Å². The average Bonchev–Trinajstić information content (AvgIpc) is 2.46. The van der Waals surface area contributed by atoms with Crippen LogP contribution in [0.4, 0.5) is 0 Å². The Morgan fingerprint density at radius 2 is 2.14 bits per heavy atom. The van der Waals surface area contributed by atoms with Gasteiger partial charge in [-0.05, 0) is 32.1 Å². The molecule has 0 aliphatic rings. The van der Waals surface area contributed by atoms with Crippen LogP contribution in [0.3, 0.4) is 0 Å². The number of thiol groups is 1. The van der Waals surface area contributed by atoms with E-state index in [-0.39, 0.29) is 0 Å². The smallest absolute Gasteiger partial charge is 0.136 e. The van der Waals surface area contributed by atoms with Gasteiger partial charge in [0.25, 0.3) is 0 Å². The van der Waals surface area contributed by atoms with Gasteiger partial charge in [-0.25, -0.2) is 0 Å². The molecule has 0 aliphatic carbocycles. The van der Waals surface area contributed by atoms with E-state index in [9.17, 15) is 0 Å². The van der Waals surface area contributed by atoms with E-state index >= 15 is 0 Å². The summed E-state index contributed by atoms with van der Waals surface area (Å²) in [7, 11) is 0. The molecule has 2 heteroatoms. The van der Waals surface area contributed by atoms with E-state index in [2.05, 4.69) is 19.6 Å². The SMILES string of the molecule is C/C=C\c1oc2cccc(S)c2c1C. The molecule has 14 heavy (non-hydrogen) atoms. The Balaban J connectivity index is 2.80. The van der Waals surface area contributed by atoms with Gasteiger partial charge in [0.1, 0.15) is 11.3 Å². The third kappa shape index (κ3) is 1.36. The number of allylic oxidation sites excluding steroid dienone is 1. The molecule has 0 bridgehead atoms. The van der Waals surface area contributed by atoms with Crippen molar-refractivity contribution >= 4 is 29.7 Å². The van der Waals surface area contributed by atoms with Crippen LogP contribution >= 0.6 is 12.6 Å². The highest BCUT2D eigenvalue weighted by Gasteiger charge is 2.09. The standard InChI is InChI=1S/C12H12OS/c1-3-5-9-8(2)12-10(13-9)6-4-7-11(12)14/h3-7,14H,1-2H3/b5-3-. The normalized spacial score (nSPS) is 11.6. The van der Waals surface area contributed by atoms with Crippen LogP contribution in [0.1, 0.15) is 18.2 Å². The van der Waals surface area contributed by atoms with Gasteiger partial charge in [-0.2, -0.15) is 0 Å². The van der Waals surface area contributed by atoms with E-state index in [4.69, 9.17) is 4.42 Å². The Kier molecular flexibility index (Phi) is 2.38. The first-order valence-electron chi connectivity index (χ1n) is 4.58. The third-order valence-electron chi connectivity index (χ3n) is 2.29. The lowest BCUT2D eigenvalue weighted by molar-refractivity contribution is 0.601. The van der Waals surface area contributed by atoms with Crippen LogP contribution in [0.25, 0.3) is 17.0 Å². The Labute approximate surface area is 88.8 Å². The Morgan fingerprint density at radius 1 is 1.36 bits per heavy atom. The van der Waals surface area contributed by atoms with Gasteiger partial charge >= 0.3 is 0 Å². The van der Waals surface area contributed by atoms with Crippen molar-refractivity contribution in [3.05, 3.63) is 35.6 Å². The molecular formula is C12H12OS. The predicted octanol–water partition coefficient (Wildman–Crippen LogP) is 4.06. The van der Waals surface area contributed by atoms with E-state index in [0.717, 1.165) is 27.2 Å². The molecule has 1 aromatic carbocycles. The summed E-state index contributed by atoms with van der Waals surface area (Å²) < 4.78 is 5.68. The molecule has 72 valence electrons. The fourth-order valence-corrected chi connectivity index (χ4v) is 1.97. The Bertz CT molecular complexity index is 494. The summed E-state index contributed by atoms with van der Waals surface area (Å²) in [6.07, 6.45) is 3.95. The van der Waals surface area contributed by atoms with Gasteiger partial charge in [0.2, 0.25) is 0 Å². The molecule has 0 saturated carbocycles. The number of furan rings is 1. The number of aryl methyl sites for hydroxylation is 1. The van der Waals surface area contributed by atoms with E-state index in [0.29, 0.717) is 0 Å². The van der Waals surface area contributed by atoms with Crippen LogP contribution in [0, 0.1) is 6.92 Å². The van der Waals surface area contributed by atoms with Crippen LogP contribution < -0.4 is 0 Å². The van der Waals surface area contributed by atoms with Crippen LogP contribution in [0.2, 0.25) is 0 Å². The molecule has 0 N–H and O–H groups in total. The highest BCUT2D eigenvalue weighted by atomic mass is 32.1. The van der Waals surface area contributed by atoms with Gasteiger partial charge in [-0.3, -0.25) is 0 Å². The Morgan fingerprint density at radius 3 is 2.79 bits per heavy atom. The van der Waals surface area contributed by atoms with Crippen molar-refractivity contribution in [1.82, 2.24) is 0 Å². The van der Waals surface area contributed by atoms with E-state index in [1.807, 2.05) is 37.3 Å². The molecule has 0 radical (unpaired) electrons. The van der Waals surface area contributed by atoms with Crippen molar-refractivity contribution in [2.75, 3.05) is 0 Å². The van der Waals surface area contributed by atoms with Gasteiger partial charge in [-0.15, -0.1) is 12.6 Å². The maximum atomic E-state index is 5.68. The molecule has 0 saturated heterocycles. The fourth-order valence-electron chi connectivity index (χ4n) is 1.61. The van der Waals surface area contributed by atoms with Crippen molar-refractivity contribution in [3.8, 4) is 0 Å². The Hall–Kier alpha value is -1.15. The summed E-state index contributed by atoms with van der Waals surface area (Å²) in [6.45, 7) is 4.04. The predicted molar refractivity (Wildman–Crippen MR) is 62.9 cm³/mol. The lowest BCUT2D eigenvalue weighted by atomic mass is 10.1. The number of benzene rings is 1. The lowest BCUT2D eigenvalue weighted by Gasteiger charge is -1.93. The minimum atomic E-state index is 0.906. The molecule has 2 aromatic rings. The van der Waals surface area contributed by atoms with Gasteiger partial charge in [0, 0.05) is 15.8 Å². The van der Waals surface area contributed by atoms with Crippen molar-refractivity contribution in [2.24, 2.45) is 0 Å². The van der Waals surface area contributed by atoms with Gasteiger partial charge in [-0.1, -0.05) is 12.1 Å². The molecular weight excluding hydrogens is 192 g/mol. The lowest BCUT2D eigenvalue weighted by Crippen LogP contribution is -1.73. The average molecular weight is 204 g/mol. The number of hydrogen-bond donors (Lipinski definition) is 1. The molecule has 2 rings (SSSR count). The highest BCUT2D eigenvalue weighted by molar-refractivity contribution is 7.80. The second-order valence-corrected chi connectivity index (χ2v) is 3.72. The molecule has 0 spiro atoms. The zero-order valence-electron chi connectivity index (χ0n) is 8.24. The van der Waals surface area contributed by atoms with E-state index in [1.54, 1.807) is 0 Å².